The van der Waals surface area contributed by atoms with Crippen molar-refractivity contribution in [3.8, 4) is 0 Å². The molecule has 0 radical (unpaired) electrons. The minimum atomic E-state index is 0. The number of hydrogen-bond acceptors (Lipinski definition) is 3. The van der Waals surface area contributed by atoms with Crippen LogP contribution >= 0.6 is 12.2 Å². The summed E-state index contributed by atoms with van der Waals surface area (Å²) >= 11 is 4.91. The molecular weight excluding hydrogens is 256 g/mol. The first-order chi connectivity index (χ1) is 4.88. The molecule has 0 spiro atoms. The maximum atomic E-state index is 4.91. The molecule has 0 atom stereocenters. The third-order valence-corrected chi connectivity index (χ3v) is 1.55. The van der Waals surface area contributed by atoms with Crippen molar-refractivity contribution in [3.05, 3.63) is 17.3 Å². The molecule has 2 aromatic heterocycles. The second-order valence-corrected chi connectivity index (χ2v) is 2.22. The summed E-state index contributed by atoms with van der Waals surface area (Å²) in [5.74, 6) is 0. The first-order valence-electron chi connectivity index (χ1n) is 2.75. The molecule has 2 N–H and O–H groups in total. The third kappa shape index (κ3) is 1.41. The van der Waals surface area contributed by atoms with Gasteiger partial charge in [0, 0.05) is 0 Å². The van der Waals surface area contributed by atoms with Crippen LogP contribution in [0.3, 0.4) is 0 Å². The van der Waals surface area contributed by atoms with Gasteiger partial charge in [-0.3, -0.25) is 0 Å². The number of rotatable bonds is 0. The van der Waals surface area contributed by atoms with Crippen LogP contribution in [0.4, 0.5) is 0 Å². The van der Waals surface area contributed by atoms with E-state index in [9.17, 15) is 0 Å². The van der Waals surface area contributed by atoms with Gasteiger partial charge in [-0.2, -0.15) is 0 Å². The van der Waals surface area contributed by atoms with Crippen molar-refractivity contribution < 1.29 is 22.4 Å². The van der Waals surface area contributed by atoms with Crippen LogP contribution < -0.4 is 0 Å². The fourth-order valence-electron chi connectivity index (χ4n) is 0.783. The molecule has 0 amide bonds. The molecule has 0 aliphatic rings. The standard InChI is InChI=1S/C5H4N4S.Ag/c10-5-3-4(7-1-6-3)8-2-9-5;/h1-2H,(H2,6,7,8,9,10);/q;+1. The van der Waals surface area contributed by atoms with E-state index in [2.05, 4.69) is 19.9 Å². The van der Waals surface area contributed by atoms with Gasteiger partial charge in [-0.15, -0.1) is 0 Å². The normalized spacial score (nSPS) is 9.45. The van der Waals surface area contributed by atoms with Crippen molar-refractivity contribution in [2.24, 2.45) is 0 Å². The molecule has 0 bridgehead atoms. The van der Waals surface area contributed by atoms with Gasteiger partial charge in [0.2, 0.25) is 0 Å². The molecule has 4 nitrogen and oxygen atoms in total. The Hall–Kier alpha value is -0.490. The molecule has 0 aromatic carbocycles. The van der Waals surface area contributed by atoms with Crippen molar-refractivity contribution in [3.63, 3.8) is 0 Å². The van der Waals surface area contributed by atoms with Crippen molar-refractivity contribution in [2.75, 3.05) is 0 Å². The monoisotopic (exact) mass is 259 g/mol. The molecule has 2 aromatic rings. The molecule has 0 unspecified atom stereocenters. The molecule has 0 aliphatic carbocycles. The predicted molar refractivity (Wildman–Crippen MR) is 39.1 cm³/mol. The number of fused-ring (bicyclic) bond motifs is 1. The zero-order valence-electron chi connectivity index (χ0n) is 5.26. The van der Waals surface area contributed by atoms with Gasteiger partial charge >= 0.3 is 22.4 Å². The predicted octanol–water partition coefficient (Wildman–Crippen LogP) is 1.01. The molecular formula is C5H4AgN4S+. The Kier molecular flexibility index (Phi) is 2.56. The van der Waals surface area contributed by atoms with E-state index in [0.717, 1.165) is 11.2 Å². The largest absolute Gasteiger partial charge is 1.00 e. The quantitative estimate of drug-likeness (QED) is 0.549. The molecule has 2 heterocycles. The SMILES string of the molecule is S=c1nc[nH]c2nc[nH]c12.[Ag+]. The Morgan fingerprint density at radius 3 is 2.64 bits per heavy atom. The Labute approximate surface area is 83.0 Å². The Morgan fingerprint density at radius 1 is 1.18 bits per heavy atom. The Morgan fingerprint density at radius 2 is 1.91 bits per heavy atom. The summed E-state index contributed by atoms with van der Waals surface area (Å²) < 4.78 is 0.547. The van der Waals surface area contributed by atoms with Crippen LogP contribution in [0.5, 0.6) is 0 Å². The number of nitrogens with zero attached hydrogens (tertiary/aromatic N) is 2. The smallest absolute Gasteiger partial charge is 0.341 e. The van der Waals surface area contributed by atoms with Crippen LogP contribution in [-0.4, -0.2) is 19.9 Å². The van der Waals surface area contributed by atoms with E-state index in [1.54, 1.807) is 6.33 Å². The number of H-pyrrole nitrogens is 2. The summed E-state index contributed by atoms with van der Waals surface area (Å²) in [6, 6.07) is 0. The number of nitrogens with one attached hydrogen (secondary N) is 2. The number of hydrogen-bond donors (Lipinski definition) is 2. The minimum Gasteiger partial charge on any atom is -0.341 e. The van der Waals surface area contributed by atoms with Gasteiger partial charge in [0.15, 0.2) is 10.3 Å². The van der Waals surface area contributed by atoms with E-state index in [1.165, 1.54) is 6.33 Å². The van der Waals surface area contributed by atoms with Crippen molar-refractivity contribution in [1.29, 1.82) is 0 Å². The van der Waals surface area contributed by atoms with Gasteiger partial charge in [-0.05, 0) is 0 Å². The summed E-state index contributed by atoms with van der Waals surface area (Å²) in [4.78, 5) is 13.6. The second kappa shape index (κ2) is 3.27. The molecule has 11 heavy (non-hydrogen) atoms. The van der Waals surface area contributed by atoms with Crippen molar-refractivity contribution in [2.45, 2.75) is 0 Å². The Bertz CT molecular complexity index is 406. The summed E-state index contributed by atoms with van der Waals surface area (Å²) in [7, 11) is 0. The molecule has 6 heteroatoms. The minimum absolute atomic E-state index is 0. The summed E-state index contributed by atoms with van der Waals surface area (Å²) in [6.07, 6.45) is 3.12. The van der Waals surface area contributed by atoms with Crippen LogP contribution in [-0.2, 0) is 22.4 Å². The number of aromatic amines is 2. The van der Waals surface area contributed by atoms with Crippen LogP contribution in [0, 0.1) is 4.64 Å². The fourth-order valence-corrected chi connectivity index (χ4v) is 0.992. The number of aromatic nitrogens is 4. The van der Waals surface area contributed by atoms with E-state index >= 15 is 0 Å². The third-order valence-electron chi connectivity index (χ3n) is 1.24. The Balaban J connectivity index is 0.000000605. The van der Waals surface area contributed by atoms with Crippen LogP contribution in [0.15, 0.2) is 12.7 Å². The maximum absolute atomic E-state index is 4.91. The van der Waals surface area contributed by atoms with Crippen LogP contribution in [0.25, 0.3) is 11.2 Å². The van der Waals surface area contributed by atoms with Gasteiger partial charge < -0.3 is 9.97 Å². The topological polar surface area (TPSA) is 57.4 Å². The van der Waals surface area contributed by atoms with Gasteiger partial charge in [0.1, 0.15) is 5.52 Å². The van der Waals surface area contributed by atoms with Crippen LogP contribution in [0.2, 0.25) is 0 Å². The molecule has 0 saturated heterocycles. The first kappa shape index (κ1) is 8.61. The maximum Gasteiger partial charge on any atom is 1.00 e. The fraction of sp³-hybridized carbons (Fsp3) is 0. The molecule has 60 valence electrons. The summed E-state index contributed by atoms with van der Waals surface area (Å²) in [6.45, 7) is 0. The first-order valence-corrected chi connectivity index (χ1v) is 3.15. The van der Waals surface area contributed by atoms with E-state index in [0.29, 0.717) is 4.64 Å². The zero-order chi connectivity index (χ0) is 6.97. The van der Waals surface area contributed by atoms with Gasteiger partial charge in [0.25, 0.3) is 0 Å². The number of imidazole rings is 1. The van der Waals surface area contributed by atoms with E-state index in [-0.39, 0.29) is 22.4 Å². The van der Waals surface area contributed by atoms with Gasteiger partial charge in [0.05, 0.1) is 12.7 Å². The van der Waals surface area contributed by atoms with E-state index < -0.39 is 0 Å². The average Bonchev–Trinajstić information content (AvgIpc) is 2.36. The van der Waals surface area contributed by atoms with E-state index in [4.69, 9.17) is 12.2 Å². The van der Waals surface area contributed by atoms with Gasteiger partial charge in [-0.1, -0.05) is 12.2 Å². The van der Waals surface area contributed by atoms with Crippen molar-refractivity contribution in [1.82, 2.24) is 19.9 Å². The van der Waals surface area contributed by atoms with Crippen LogP contribution in [0.1, 0.15) is 0 Å². The zero-order valence-corrected chi connectivity index (χ0v) is 7.56. The second-order valence-electron chi connectivity index (χ2n) is 1.83. The summed E-state index contributed by atoms with van der Waals surface area (Å²) in [5, 5.41) is 0. The molecule has 0 aliphatic heterocycles. The molecule has 2 rings (SSSR count). The molecule has 0 fully saturated rings. The average molecular weight is 260 g/mol. The van der Waals surface area contributed by atoms with Crippen molar-refractivity contribution >= 4 is 23.4 Å². The van der Waals surface area contributed by atoms with E-state index in [1.807, 2.05) is 0 Å². The summed E-state index contributed by atoms with van der Waals surface area (Å²) in [5.41, 5.74) is 1.54. The molecule has 0 saturated carbocycles. The van der Waals surface area contributed by atoms with Gasteiger partial charge in [-0.25, -0.2) is 9.97 Å².